The molecule has 1 aromatic rings. The van der Waals surface area contributed by atoms with E-state index in [-0.39, 0.29) is 31.2 Å². The molecule has 16 heavy (non-hydrogen) atoms. The molecule has 0 aliphatic carbocycles. The summed E-state index contributed by atoms with van der Waals surface area (Å²) in [5.41, 5.74) is 6.35. The molecule has 1 nitrogen and oxygen atoms in total. The maximum Gasteiger partial charge on any atom is 0.386 e. The SMILES string of the molecule is CC(F)(F)F.CC(N)c1cccc(F)c1.Cl. The molecule has 0 spiro atoms. The van der Waals surface area contributed by atoms with Crippen molar-refractivity contribution in [2.75, 3.05) is 0 Å². The van der Waals surface area contributed by atoms with Crippen molar-refractivity contribution in [3.63, 3.8) is 0 Å². The molecule has 0 saturated heterocycles. The standard InChI is InChI=1S/C8H10FN.C2H3F3.ClH/c1-6(10)7-3-2-4-8(9)5-7;1-2(3,4)5;/h2-6H,10H2,1H3;1H3;1H. The molecule has 0 aliphatic rings. The van der Waals surface area contributed by atoms with E-state index >= 15 is 0 Å². The molecule has 1 aromatic carbocycles. The van der Waals surface area contributed by atoms with Crippen LogP contribution in [-0.2, 0) is 0 Å². The lowest BCUT2D eigenvalue weighted by Crippen LogP contribution is -2.04. The van der Waals surface area contributed by atoms with E-state index in [1.165, 1.54) is 12.1 Å². The summed E-state index contributed by atoms with van der Waals surface area (Å²) in [5.74, 6) is -0.227. The van der Waals surface area contributed by atoms with E-state index in [2.05, 4.69) is 0 Å². The Morgan fingerprint density at radius 1 is 1.25 bits per heavy atom. The van der Waals surface area contributed by atoms with Crippen LogP contribution < -0.4 is 5.73 Å². The second-order valence-corrected chi connectivity index (χ2v) is 3.12. The van der Waals surface area contributed by atoms with E-state index in [1.807, 2.05) is 13.0 Å². The van der Waals surface area contributed by atoms with Gasteiger partial charge in [-0.1, -0.05) is 12.1 Å². The largest absolute Gasteiger partial charge is 0.386 e. The van der Waals surface area contributed by atoms with Crippen LogP contribution in [0.3, 0.4) is 0 Å². The van der Waals surface area contributed by atoms with Gasteiger partial charge < -0.3 is 5.73 Å². The van der Waals surface area contributed by atoms with Gasteiger partial charge >= 0.3 is 6.18 Å². The summed E-state index contributed by atoms with van der Waals surface area (Å²) in [4.78, 5) is 0. The summed E-state index contributed by atoms with van der Waals surface area (Å²) in [5, 5.41) is 0. The van der Waals surface area contributed by atoms with Crippen LogP contribution in [0.1, 0.15) is 25.5 Å². The average Bonchev–Trinajstić information content (AvgIpc) is 2.00. The van der Waals surface area contributed by atoms with Crippen molar-refractivity contribution >= 4 is 12.4 Å². The lowest BCUT2D eigenvalue weighted by atomic mass is 10.1. The van der Waals surface area contributed by atoms with Crippen molar-refractivity contribution in [2.24, 2.45) is 5.73 Å². The first kappa shape index (κ1) is 17.6. The van der Waals surface area contributed by atoms with Gasteiger partial charge in [0.25, 0.3) is 0 Å². The van der Waals surface area contributed by atoms with E-state index in [0.717, 1.165) is 5.56 Å². The molecule has 1 atom stereocenters. The van der Waals surface area contributed by atoms with Gasteiger partial charge in [0, 0.05) is 13.0 Å². The third-order valence-corrected chi connectivity index (χ3v) is 1.37. The van der Waals surface area contributed by atoms with Crippen LogP contribution in [0.5, 0.6) is 0 Å². The molecule has 0 amide bonds. The lowest BCUT2D eigenvalue weighted by molar-refractivity contribution is -0.110. The molecule has 0 aliphatic heterocycles. The number of hydrogen-bond donors (Lipinski definition) is 1. The van der Waals surface area contributed by atoms with Gasteiger partial charge in [0.15, 0.2) is 0 Å². The van der Waals surface area contributed by atoms with E-state index in [1.54, 1.807) is 6.07 Å². The molecule has 0 bridgehead atoms. The van der Waals surface area contributed by atoms with Gasteiger partial charge in [-0.25, -0.2) is 4.39 Å². The van der Waals surface area contributed by atoms with Crippen molar-refractivity contribution < 1.29 is 17.6 Å². The molecule has 0 saturated carbocycles. The summed E-state index contributed by atoms with van der Waals surface area (Å²) in [6.45, 7) is 2.02. The van der Waals surface area contributed by atoms with Gasteiger partial charge in [0.05, 0.1) is 0 Å². The molecule has 0 fully saturated rings. The van der Waals surface area contributed by atoms with Crippen molar-refractivity contribution in [2.45, 2.75) is 26.1 Å². The van der Waals surface area contributed by atoms with Gasteiger partial charge in [-0.15, -0.1) is 12.4 Å². The van der Waals surface area contributed by atoms with Crippen LogP contribution >= 0.6 is 12.4 Å². The predicted molar refractivity (Wildman–Crippen MR) is 58.0 cm³/mol. The molecular formula is C10H14ClF4N. The zero-order valence-electron chi connectivity index (χ0n) is 8.88. The summed E-state index contributed by atoms with van der Waals surface area (Å²) in [7, 11) is 0. The van der Waals surface area contributed by atoms with Crippen LogP contribution in [0, 0.1) is 5.82 Å². The summed E-state index contributed by atoms with van der Waals surface area (Å²) < 4.78 is 43.5. The van der Waals surface area contributed by atoms with E-state index < -0.39 is 6.18 Å². The Balaban J connectivity index is 0. The first-order valence-electron chi connectivity index (χ1n) is 4.28. The lowest BCUT2D eigenvalue weighted by Gasteiger charge is -2.03. The molecule has 94 valence electrons. The smallest absolute Gasteiger partial charge is 0.324 e. The number of rotatable bonds is 1. The Morgan fingerprint density at radius 2 is 1.69 bits per heavy atom. The third kappa shape index (κ3) is 11.3. The fourth-order valence-corrected chi connectivity index (χ4v) is 0.790. The summed E-state index contributed by atoms with van der Waals surface area (Å²) in [6.07, 6.45) is -4.00. The van der Waals surface area contributed by atoms with Crippen molar-refractivity contribution in [1.29, 1.82) is 0 Å². The molecule has 0 aromatic heterocycles. The van der Waals surface area contributed by atoms with Crippen LogP contribution in [0.25, 0.3) is 0 Å². The van der Waals surface area contributed by atoms with Crippen molar-refractivity contribution in [3.8, 4) is 0 Å². The minimum absolute atomic E-state index is 0. The second kappa shape index (κ2) is 7.46. The van der Waals surface area contributed by atoms with Crippen LogP contribution in [-0.4, -0.2) is 6.18 Å². The summed E-state index contributed by atoms with van der Waals surface area (Å²) in [6, 6.07) is 6.24. The highest BCUT2D eigenvalue weighted by Crippen LogP contribution is 2.10. The van der Waals surface area contributed by atoms with Crippen LogP contribution in [0.15, 0.2) is 24.3 Å². The topological polar surface area (TPSA) is 26.0 Å². The zero-order valence-corrected chi connectivity index (χ0v) is 9.70. The van der Waals surface area contributed by atoms with Crippen LogP contribution in [0.2, 0.25) is 0 Å². The zero-order chi connectivity index (χ0) is 12.1. The Bertz CT molecular complexity index is 293. The highest BCUT2D eigenvalue weighted by atomic mass is 35.5. The minimum atomic E-state index is -4.00. The number of hydrogen-bond acceptors (Lipinski definition) is 1. The fourth-order valence-electron chi connectivity index (χ4n) is 0.790. The van der Waals surface area contributed by atoms with Gasteiger partial charge in [-0.2, -0.15) is 13.2 Å². The first-order chi connectivity index (χ1) is 6.70. The number of nitrogens with two attached hydrogens (primary N) is 1. The van der Waals surface area contributed by atoms with Gasteiger partial charge in [-0.05, 0) is 24.6 Å². The predicted octanol–water partition coefficient (Wildman–Crippen LogP) is 3.84. The monoisotopic (exact) mass is 259 g/mol. The normalized spacial score (nSPS) is 11.9. The molecule has 2 N–H and O–H groups in total. The third-order valence-electron chi connectivity index (χ3n) is 1.37. The highest BCUT2D eigenvalue weighted by molar-refractivity contribution is 5.85. The Kier molecular flexibility index (Phi) is 8.20. The average molecular weight is 260 g/mol. The minimum Gasteiger partial charge on any atom is -0.324 e. The molecule has 1 unspecified atom stereocenters. The van der Waals surface area contributed by atoms with Crippen LogP contribution in [0.4, 0.5) is 17.6 Å². The van der Waals surface area contributed by atoms with Gasteiger partial charge in [0.2, 0.25) is 0 Å². The van der Waals surface area contributed by atoms with E-state index in [0.29, 0.717) is 0 Å². The highest BCUT2D eigenvalue weighted by Gasteiger charge is 2.15. The first-order valence-corrected chi connectivity index (χ1v) is 4.28. The number of alkyl halides is 3. The van der Waals surface area contributed by atoms with Gasteiger partial charge in [-0.3, -0.25) is 0 Å². The second-order valence-electron chi connectivity index (χ2n) is 3.12. The molecular weight excluding hydrogens is 246 g/mol. The van der Waals surface area contributed by atoms with E-state index in [4.69, 9.17) is 5.73 Å². The fraction of sp³-hybridized carbons (Fsp3) is 0.400. The molecule has 0 radical (unpaired) electrons. The maximum absolute atomic E-state index is 12.5. The molecule has 1 rings (SSSR count). The Morgan fingerprint density at radius 3 is 1.94 bits per heavy atom. The number of halogens is 5. The van der Waals surface area contributed by atoms with Crippen molar-refractivity contribution in [1.82, 2.24) is 0 Å². The summed E-state index contributed by atoms with van der Waals surface area (Å²) >= 11 is 0. The Labute approximate surface area is 98.1 Å². The molecule has 6 heteroatoms. The van der Waals surface area contributed by atoms with Crippen molar-refractivity contribution in [3.05, 3.63) is 35.6 Å². The van der Waals surface area contributed by atoms with E-state index in [9.17, 15) is 17.6 Å². The Hall–Kier alpha value is -0.810. The molecule has 0 heterocycles. The van der Waals surface area contributed by atoms with Gasteiger partial charge in [0.1, 0.15) is 5.82 Å². The quantitative estimate of drug-likeness (QED) is 0.762. The number of benzene rings is 1. The maximum atomic E-state index is 12.5.